The molecule has 2 aromatic carbocycles. The van der Waals surface area contributed by atoms with Crippen LogP contribution >= 0.6 is 0 Å². The van der Waals surface area contributed by atoms with Gasteiger partial charge >= 0.3 is 0 Å². The summed E-state index contributed by atoms with van der Waals surface area (Å²) in [4.78, 5) is 0. The predicted octanol–water partition coefficient (Wildman–Crippen LogP) is 5.77. The van der Waals surface area contributed by atoms with Crippen molar-refractivity contribution in [2.24, 2.45) is 17.3 Å². The lowest BCUT2D eigenvalue weighted by Gasteiger charge is -2.56. The van der Waals surface area contributed by atoms with Crippen molar-refractivity contribution < 1.29 is 4.74 Å². The van der Waals surface area contributed by atoms with Gasteiger partial charge in [0, 0.05) is 6.54 Å². The Kier molecular flexibility index (Phi) is 4.07. The zero-order valence-corrected chi connectivity index (χ0v) is 15.4. The van der Waals surface area contributed by atoms with E-state index in [4.69, 9.17) is 4.74 Å². The third kappa shape index (κ3) is 2.84. The Morgan fingerprint density at radius 3 is 2.56 bits per heavy atom. The van der Waals surface area contributed by atoms with Crippen molar-refractivity contribution in [2.45, 2.75) is 26.7 Å². The molecule has 2 atom stereocenters. The number of fused-ring (bicyclic) bond motifs is 1. The minimum Gasteiger partial charge on any atom is -0.495 e. The largest absolute Gasteiger partial charge is 0.495 e. The Labute approximate surface area is 150 Å². The first-order chi connectivity index (χ1) is 12.1. The number of methoxy groups -OCH3 is 1. The summed E-state index contributed by atoms with van der Waals surface area (Å²) in [5.74, 6) is 2.53. The van der Waals surface area contributed by atoms with Crippen LogP contribution in [0.1, 0.15) is 26.7 Å². The summed E-state index contributed by atoms with van der Waals surface area (Å²) >= 11 is 0. The van der Waals surface area contributed by atoms with Gasteiger partial charge in [-0.05, 0) is 53.4 Å². The summed E-state index contributed by atoms with van der Waals surface area (Å²) < 4.78 is 5.57. The quantitative estimate of drug-likeness (QED) is 0.702. The molecule has 0 saturated heterocycles. The predicted molar refractivity (Wildman–Crippen MR) is 105 cm³/mol. The maximum absolute atomic E-state index is 5.57. The van der Waals surface area contributed by atoms with Crippen molar-refractivity contribution in [1.29, 1.82) is 0 Å². The summed E-state index contributed by atoms with van der Waals surface area (Å²) in [6.45, 7) is 5.76. The first kappa shape index (κ1) is 16.3. The van der Waals surface area contributed by atoms with Crippen molar-refractivity contribution in [3.05, 3.63) is 60.2 Å². The van der Waals surface area contributed by atoms with Gasteiger partial charge in [0.1, 0.15) is 5.75 Å². The molecule has 3 aliphatic carbocycles. The lowest BCUT2D eigenvalue weighted by atomic mass is 9.49. The number of anilines is 1. The minimum atomic E-state index is 0.474. The molecule has 0 aliphatic heterocycles. The summed E-state index contributed by atoms with van der Waals surface area (Å²) in [6.07, 6.45) is 5.06. The van der Waals surface area contributed by atoms with E-state index in [9.17, 15) is 0 Å². The van der Waals surface area contributed by atoms with Gasteiger partial charge in [-0.15, -0.1) is 0 Å². The molecule has 1 N–H and O–H groups in total. The van der Waals surface area contributed by atoms with Gasteiger partial charge in [-0.25, -0.2) is 0 Å². The SMILES string of the molecule is COc1ccc(-c2ccccc2)cc1NCC1=CC[C@@H]2C[C@@H]1C2(C)C. The van der Waals surface area contributed by atoms with E-state index in [-0.39, 0.29) is 0 Å². The first-order valence-electron chi connectivity index (χ1n) is 9.26. The van der Waals surface area contributed by atoms with E-state index in [0.29, 0.717) is 5.41 Å². The van der Waals surface area contributed by atoms with Crippen LogP contribution in [0.2, 0.25) is 0 Å². The molecule has 25 heavy (non-hydrogen) atoms. The average Bonchev–Trinajstić information content (AvgIpc) is 2.66. The van der Waals surface area contributed by atoms with Crippen LogP contribution in [0.15, 0.2) is 60.2 Å². The van der Waals surface area contributed by atoms with Crippen LogP contribution in [0, 0.1) is 17.3 Å². The molecule has 0 radical (unpaired) electrons. The molecule has 1 fully saturated rings. The highest BCUT2D eigenvalue weighted by molar-refractivity contribution is 5.72. The maximum Gasteiger partial charge on any atom is 0.141 e. The molecule has 2 nitrogen and oxygen atoms in total. The smallest absolute Gasteiger partial charge is 0.141 e. The van der Waals surface area contributed by atoms with Gasteiger partial charge < -0.3 is 10.1 Å². The molecule has 130 valence electrons. The van der Waals surface area contributed by atoms with Crippen LogP contribution in [0.3, 0.4) is 0 Å². The summed E-state index contributed by atoms with van der Waals surface area (Å²) in [5.41, 5.74) is 5.56. The zero-order chi connectivity index (χ0) is 17.4. The number of rotatable bonds is 5. The van der Waals surface area contributed by atoms with E-state index in [1.54, 1.807) is 12.7 Å². The second-order valence-electron chi connectivity index (χ2n) is 7.96. The Morgan fingerprint density at radius 1 is 1.08 bits per heavy atom. The van der Waals surface area contributed by atoms with Crippen LogP contribution in [-0.2, 0) is 0 Å². The monoisotopic (exact) mass is 333 g/mol. The van der Waals surface area contributed by atoms with E-state index >= 15 is 0 Å². The summed E-state index contributed by atoms with van der Waals surface area (Å²) in [5, 5.41) is 3.64. The lowest BCUT2D eigenvalue weighted by Crippen LogP contribution is -2.49. The highest BCUT2D eigenvalue weighted by Gasteiger charge is 2.50. The molecule has 2 heteroatoms. The van der Waals surface area contributed by atoms with Gasteiger partial charge in [0.25, 0.3) is 0 Å². The van der Waals surface area contributed by atoms with E-state index in [2.05, 4.69) is 73.8 Å². The molecule has 0 unspecified atom stereocenters. The van der Waals surface area contributed by atoms with Gasteiger partial charge in [0.05, 0.1) is 12.8 Å². The van der Waals surface area contributed by atoms with Crippen molar-refractivity contribution in [3.63, 3.8) is 0 Å². The van der Waals surface area contributed by atoms with Gasteiger partial charge in [-0.1, -0.05) is 61.9 Å². The molecule has 1 saturated carbocycles. The summed E-state index contributed by atoms with van der Waals surface area (Å²) in [7, 11) is 1.74. The van der Waals surface area contributed by atoms with E-state index in [0.717, 1.165) is 29.8 Å². The molecular weight excluding hydrogens is 306 g/mol. The molecule has 0 heterocycles. The topological polar surface area (TPSA) is 21.3 Å². The highest BCUT2D eigenvalue weighted by atomic mass is 16.5. The van der Waals surface area contributed by atoms with Gasteiger partial charge in [0.15, 0.2) is 0 Å². The van der Waals surface area contributed by atoms with Crippen molar-refractivity contribution in [2.75, 3.05) is 19.0 Å². The van der Waals surface area contributed by atoms with Crippen molar-refractivity contribution in [1.82, 2.24) is 0 Å². The second-order valence-corrected chi connectivity index (χ2v) is 7.96. The van der Waals surface area contributed by atoms with Crippen LogP contribution in [0.4, 0.5) is 5.69 Å². The van der Waals surface area contributed by atoms with Gasteiger partial charge in [-0.3, -0.25) is 0 Å². The van der Waals surface area contributed by atoms with Gasteiger partial charge in [-0.2, -0.15) is 0 Å². The van der Waals surface area contributed by atoms with Crippen LogP contribution in [0.5, 0.6) is 5.75 Å². The second kappa shape index (κ2) is 6.25. The third-order valence-electron chi connectivity index (χ3n) is 6.37. The Morgan fingerprint density at radius 2 is 1.88 bits per heavy atom. The normalized spacial score (nSPS) is 23.4. The fourth-order valence-electron chi connectivity index (χ4n) is 4.53. The maximum atomic E-state index is 5.57. The number of ether oxygens (including phenoxy) is 1. The Bertz CT molecular complexity index is 791. The number of allylic oxidation sites excluding steroid dienone is 1. The average molecular weight is 333 g/mol. The number of hydrogen-bond donors (Lipinski definition) is 1. The van der Waals surface area contributed by atoms with E-state index in [1.807, 2.05) is 0 Å². The van der Waals surface area contributed by atoms with Crippen molar-refractivity contribution in [3.8, 4) is 16.9 Å². The Hall–Kier alpha value is -2.22. The molecule has 2 bridgehead atoms. The standard InChI is InChI=1S/C23H27NO/c1-23(2)19-11-9-18(20(23)14-19)15-24-21-13-17(10-12-22(21)25-3)16-7-5-4-6-8-16/h4-10,12-13,19-20,24H,11,14-15H2,1-3H3/t19-,20+/m1/s1. The lowest BCUT2D eigenvalue weighted by molar-refractivity contribution is -0.00630. The number of hydrogen-bond acceptors (Lipinski definition) is 2. The van der Waals surface area contributed by atoms with Crippen LogP contribution in [-0.4, -0.2) is 13.7 Å². The molecule has 0 aromatic heterocycles. The first-order valence-corrected chi connectivity index (χ1v) is 9.26. The van der Waals surface area contributed by atoms with Gasteiger partial charge in [0.2, 0.25) is 0 Å². The number of benzene rings is 2. The molecule has 0 spiro atoms. The molecule has 0 amide bonds. The minimum absolute atomic E-state index is 0.474. The summed E-state index contributed by atoms with van der Waals surface area (Å²) in [6, 6.07) is 16.9. The molecule has 2 aromatic rings. The van der Waals surface area contributed by atoms with Crippen LogP contribution < -0.4 is 10.1 Å². The number of nitrogens with one attached hydrogen (secondary N) is 1. The molecular formula is C23H27NO. The molecule has 3 aliphatic rings. The fourth-order valence-corrected chi connectivity index (χ4v) is 4.53. The zero-order valence-electron chi connectivity index (χ0n) is 15.4. The Balaban J connectivity index is 1.55. The van der Waals surface area contributed by atoms with Crippen molar-refractivity contribution >= 4 is 5.69 Å². The highest BCUT2D eigenvalue weighted by Crippen LogP contribution is 2.59. The third-order valence-corrected chi connectivity index (χ3v) is 6.37. The van der Waals surface area contributed by atoms with E-state index in [1.165, 1.54) is 24.0 Å². The fraction of sp³-hybridized carbons (Fsp3) is 0.391. The van der Waals surface area contributed by atoms with Crippen LogP contribution in [0.25, 0.3) is 11.1 Å². The molecule has 5 rings (SSSR count). The van der Waals surface area contributed by atoms with E-state index < -0.39 is 0 Å².